The molecule has 0 bridgehead atoms. The summed E-state index contributed by atoms with van der Waals surface area (Å²) in [6, 6.07) is 5.91. The number of hydrogen-bond acceptors (Lipinski definition) is 8. The van der Waals surface area contributed by atoms with Crippen LogP contribution in [0.1, 0.15) is 92.1 Å². The highest BCUT2D eigenvalue weighted by molar-refractivity contribution is 6.04. The zero-order valence-electron chi connectivity index (χ0n) is 25.6. The van der Waals surface area contributed by atoms with E-state index in [4.69, 9.17) is 14.2 Å². The van der Waals surface area contributed by atoms with Gasteiger partial charge in [-0.2, -0.15) is 0 Å². The molecule has 0 aromatic heterocycles. The Kier molecular flexibility index (Phi) is 11.0. The molecule has 1 saturated heterocycles. The number of nitrogens with one attached hydrogen (secondary N) is 1. The second-order valence-corrected chi connectivity index (χ2v) is 12.9. The zero-order valence-corrected chi connectivity index (χ0v) is 25.6. The number of carbonyl (C=O) groups is 5. The number of nitrogens with zero attached hydrogens (tertiary/aromatic N) is 2. The number of esters is 2. The number of benzene rings is 1. The average Bonchev–Trinajstić information content (AvgIpc) is 3.25. The molecular formula is C31H45N3O8. The van der Waals surface area contributed by atoms with Crippen LogP contribution in [0.25, 0.3) is 0 Å². The van der Waals surface area contributed by atoms with Gasteiger partial charge in [0.1, 0.15) is 23.9 Å². The minimum absolute atomic E-state index is 0.00241. The van der Waals surface area contributed by atoms with Crippen molar-refractivity contribution in [2.24, 2.45) is 0 Å². The van der Waals surface area contributed by atoms with Crippen LogP contribution in [-0.2, 0) is 35.2 Å². The van der Waals surface area contributed by atoms with Crippen molar-refractivity contribution in [3.05, 3.63) is 35.9 Å². The summed E-state index contributed by atoms with van der Waals surface area (Å²) in [7, 11) is 0. The van der Waals surface area contributed by atoms with E-state index in [-0.39, 0.29) is 32.0 Å². The van der Waals surface area contributed by atoms with Crippen LogP contribution in [0.15, 0.2) is 30.3 Å². The van der Waals surface area contributed by atoms with Gasteiger partial charge >= 0.3 is 24.1 Å². The molecule has 3 rings (SSSR count). The van der Waals surface area contributed by atoms with Crippen molar-refractivity contribution in [2.45, 2.75) is 122 Å². The van der Waals surface area contributed by atoms with Gasteiger partial charge in [-0.05, 0) is 66.4 Å². The minimum atomic E-state index is -1.33. The molecule has 1 aromatic carbocycles. The van der Waals surface area contributed by atoms with Crippen LogP contribution < -0.4 is 5.32 Å². The van der Waals surface area contributed by atoms with Crippen LogP contribution >= 0.6 is 0 Å². The fourth-order valence-corrected chi connectivity index (χ4v) is 5.06. The van der Waals surface area contributed by atoms with Crippen LogP contribution in [0.5, 0.6) is 0 Å². The zero-order chi connectivity index (χ0) is 31.1. The Hall–Kier alpha value is -3.63. The van der Waals surface area contributed by atoms with E-state index >= 15 is 0 Å². The SMILES string of the molecule is CC(C)(C)OC(=O)N[C@@H](CCC(=O)OCc1ccccc1)C(=O)N1C(=O)N(C2CCCCC2)C[C@H]1C(=O)OC(C)(C)C. The number of imide groups is 1. The van der Waals surface area contributed by atoms with Crippen LogP contribution in [0.3, 0.4) is 0 Å². The third-order valence-electron chi connectivity index (χ3n) is 6.93. The topological polar surface area (TPSA) is 132 Å². The summed E-state index contributed by atoms with van der Waals surface area (Å²) < 4.78 is 16.3. The van der Waals surface area contributed by atoms with Crippen LogP contribution in [-0.4, -0.2) is 75.6 Å². The molecule has 1 heterocycles. The van der Waals surface area contributed by atoms with E-state index in [1.165, 1.54) is 0 Å². The van der Waals surface area contributed by atoms with Crippen molar-refractivity contribution in [2.75, 3.05) is 6.54 Å². The summed E-state index contributed by atoms with van der Waals surface area (Å²) in [5, 5.41) is 2.52. The highest BCUT2D eigenvalue weighted by atomic mass is 16.6. The molecule has 11 heteroatoms. The molecule has 2 atom stereocenters. The van der Waals surface area contributed by atoms with Crippen LogP contribution in [0.4, 0.5) is 9.59 Å². The maximum Gasteiger partial charge on any atom is 0.408 e. The summed E-state index contributed by atoms with van der Waals surface area (Å²) >= 11 is 0. The molecule has 42 heavy (non-hydrogen) atoms. The van der Waals surface area contributed by atoms with Gasteiger partial charge in [-0.3, -0.25) is 9.59 Å². The van der Waals surface area contributed by atoms with Crippen molar-refractivity contribution in [3.63, 3.8) is 0 Å². The number of amides is 4. The molecule has 232 valence electrons. The van der Waals surface area contributed by atoms with E-state index in [2.05, 4.69) is 5.32 Å². The summed E-state index contributed by atoms with van der Waals surface area (Å²) in [5.41, 5.74) is -0.896. The Balaban J connectivity index is 1.82. The molecule has 1 saturated carbocycles. The first-order valence-electron chi connectivity index (χ1n) is 14.7. The van der Waals surface area contributed by atoms with Crippen molar-refractivity contribution >= 4 is 30.0 Å². The lowest BCUT2D eigenvalue weighted by atomic mass is 9.94. The monoisotopic (exact) mass is 587 g/mol. The number of rotatable bonds is 9. The Morgan fingerprint density at radius 3 is 2.14 bits per heavy atom. The number of carbonyl (C=O) groups excluding carboxylic acids is 5. The molecular weight excluding hydrogens is 542 g/mol. The van der Waals surface area contributed by atoms with Gasteiger partial charge < -0.3 is 24.4 Å². The third kappa shape index (κ3) is 9.73. The molecule has 11 nitrogen and oxygen atoms in total. The minimum Gasteiger partial charge on any atom is -0.461 e. The molecule has 1 aliphatic heterocycles. The summed E-state index contributed by atoms with van der Waals surface area (Å²) in [5.74, 6) is -2.10. The van der Waals surface area contributed by atoms with Gasteiger partial charge in [0.05, 0.1) is 6.54 Å². The van der Waals surface area contributed by atoms with Crippen molar-refractivity contribution in [1.29, 1.82) is 0 Å². The highest BCUT2D eigenvalue weighted by Crippen LogP contribution is 2.30. The van der Waals surface area contributed by atoms with E-state index in [9.17, 15) is 24.0 Å². The number of urea groups is 1. The van der Waals surface area contributed by atoms with Gasteiger partial charge in [0, 0.05) is 12.5 Å². The second kappa shape index (κ2) is 14.0. The predicted molar refractivity (Wildman–Crippen MR) is 154 cm³/mol. The maximum absolute atomic E-state index is 14.0. The van der Waals surface area contributed by atoms with Crippen molar-refractivity contribution in [3.8, 4) is 0 Å². The van der Waals surface area contributed by atoms with Gasteiger partial charge in [-0.15, -0.1) is 0 Å². The normalized spacial score (nSPS) is 18.8. The fraction of sp³-hybridized carbons (Fsp3) is 0.645. The molecule has 0 radical (unpaired) electrons. The van der Waals surface area contributed by atoms with E-state index in [1.807, 2.05) is 30.3 Å². The standard InChI is InChI=1S/C31H45N3O8/c1-30(2,3)41-27(37)24-19-33(22-15-11-8-12-16-22)29(39)34(24)26(36)23(32-28(38)42-31(4,5)6)17-18-25(35)40-20-21-13-9-7-10-14-21/h7,9-10,13-14,22-24H,8,11-12,15-20H2,1-6H3,(H,32,38)/t23-,24-/m0/s1. The highest BCUT2D eigenvalue weighted by Gasteiger charge is 2.50. The molecule has 2 aliphatic rings. The van der Waals surface area contributed by atoms with Crippen LogP contribution in [0, 0.1) is 0 Å². The summed E-state index contributed by atoms with van der Waals surface area (Å²) in [4.78, 5) is 68.8. The first-order valence-corrected chi connectivity index (χ1v) is 14.7. The van der Waals surface area contributed by atoms with Gasteiger partial charge in [0.15, 0.2) is 6.04 Å². The lowest BCUT2D eigenvalue weighted by Gasteiger charge is -2.31. The smallest absolute Gasteiger partial charge is 0.408 e. The lowest BCUT2D eigenvalue weighted by Crippen LogP contribution is -2.55. The van der Waals surface area contributed by atoms with Gasteiger partial charge in [0.2, 0.25) is 0 Å². The molecule has 0 spiro atoms. The van der Waals surface area contributed by atoms with E-state index < -0.39 is 53.3 Å². The second-order valence-electron chi connectivity index (χ2n) is 12.9. The molecule has 0 unspecified atom stereocenters. The van der Waals surface area contributed by atoms with Crippen molar-refractivity contribution in [1.82, 2.24) is 15.1 Å². The first kappa shape index (κ1) is 32.9. The van der Waals surface area contributed by atoms with Crippen LogP contribution in [0.2, 0.25) is 0 Å². The van der Waals surface area contributed by atoms with Gasteiger partial charge in [-0.25, -0.2) is 19.3 Å². The maximum atomic E-state index is 14.0. The van der Waals surface area contributed by atoms with E-state index in [0.717, 1.165) is 42.6 Å². The Morgan fingerprint density at radius 1 is 0.929 bits per heavy atom. The van der Waals surface area contributed by atoms with Gasteiger partial charge in [0.25, 0.3) is 5.91 Å². The predicted octanol–water partition coefficient (Wildman–Crippen LogP) is 4.71. The quantitative estimate of drug-likeness (QED) is 0.325. The van der Waals surface area contributed by atoms with E-state index in [1.54, 1.807) is 46.4 Å². The third-order valence-corrected chi connectivity index (χ3v) is 6.93. The molecule has 2 fully saturated rings. The van der Waals surface area contributed by atoms with Gasteiger partial charge in [-0.1, -0.05) is 49.6 Å². The summed E-state index contributed by atoms with van der Waals surface area (Å²) in [6.45, 7) is 10.2. The Labute approximate surface area is 248 Å². The lowest BCUT2D eigenvalue weighted by molar-refractivity contribution is -0.162. The average molecular weight is 588 g/mol. The number of hydrogen-bond donors (Lipinski definition) is 1. The molecule has 4 amide bonds. The Morgan fingerprint density at radius 2 is 1.55 bits per heavy atom. The van der Waals surface area contributed by atoms with Crippen molar-refractivity contribution < 1.29 is 38.2 Å². The molecule has 1 aromatic rings. The molecule has 1 N–H and O–H groups in total. The summed E-state index contributed by atoms with van der Waals surface area (Å²) in [6.07, 6.45) is 3.26. The number of alkyl carbamates (subject to hydrolysis) is 1. The largest absolute Gasteiger partial charge is 0.461 e. The van der Waals surface area contributed by atoms with E-state index in [0.29, 0.717) is 0 Å². The first-order chi connectivity index (χ1) is 19.6. The Bertz CT molecular complexity index is 1120. The molecule has 1 aliphatic carbocycles. The number of ether oxygens (including phenoxy) is 3. The fourth-order valence-electron chi connectivity index (χ4n) is 5.06.